The van der Waals surface area contributed by atoms with Gasteiger partial charge in [-0.05, 0) is 19.1 Å². The van der Waals surface area contributed by atoms with E-state index in [2.05, 4.69) is 15.2 Å². The molecule has 1 aromatic heterocycles. The van der Waals surface area contributed by atoms with Crippen LogP contribution in [0.5, 0.6) is 5.75 Å². The number of alkyl halides is 3. The smallest absolute Gasteiger partial charge is 0.405 e. The van der Waals surface area contributed by atoms with Gasteiger partial charge in [0.25, 0.3) is 0 Å². The molecule has 2 rings (SSSR count). The van der Waals surface area contributed by atoms with Gasteiger partial charge in [0.05, 0.1) is 5.69 Å². The Morgan fingerprint density at radius 2 is 2.08 bits per heavy atom. The van der Waals surface area contributed by atoms with Crippen LogP contribution in [0.4, 0.5) is 13.2 Å². The molecular formula is C16H15ClF3N3O2. The molecule has 1 heterocycles. The summed E-state index contributed by atoms with van der Waals surface area (Å²) in [4.78, 5) is 11.9. The van der Waals surface area contributed by atoms with Gasteiger partial charge in [0.1, 0.15) is 10.9 Å². The zero-order valence-electron chi connectivity index (χ0n) is 13.4. The van der Waals surface area contributed by atoms with Gasteiger partial charge in [0.2, 0.25) is 5.91 Å². The summed E-state index contributed by atoms with van der Waals surface area (Å²) in [6.07, 6.45) is -2.06. The molecule has 0 aliphatic rings. The summed E-state index contributed by atoms with van der Waals surface area (Å²) >= 11 is 6.05. The molecule has 25 heavy (non-hydrogen) atoms. The quantitative estimate of drug-likeness (QED) is 0.815. The van der Waals surface area contributed by atoms with Crippen LogP contribution in [0.1, 0.15) is 16.8 Å². The Hall–Kier alpha value is -2.48. The van der Waals surface area contributed by atoms with E-state index >= 15 is 0 Å². The van der Waals surface area contributed by atoms with E-state index in [9.17, 15) is 18.0 Å². The zero-order chi connectivity index (χ0) is 18.6. The third-order valence-corrected chi connectivity index (χ3v) is 3.70. The molecule has 0 saturated heterocycles. The van der Waals surface area contributed by atoms with Crippen molar-refractivity contribution in [2.24, 2.45) is 7.05 Å². The minimum Gasteiger partial charge on any atom is -0.405 e. The molecule has 0 bridgehead atoms. The van der Waals surface area contributed by atoms with E-state index in [0.717, 1.165) is 0 Å². The number of hydrogen-bond acceptors (Lipinski definition) is 3. The van der Waals surface area contributed by atoms with Gasteiger partial charge in [-0.25, -0.2) is 0 Å². The Kier molecular flexibility index (Phi) is 5.73. The predicted molar refractivity (Wildman–Crippen MR) is 87.0 cm³/mol. The van der Waals surface area contributed by atoms with Crippen LogP contribution in [0, 0.1) is 6.92 Å². The lowest BCUT2D eigenvalue weighted by Crippen LogP contribution is -2.22. The molecule has 0 unspecified atom stereocenters. The molecule has 1 amide bonds. The first-order valence-electron chi connectivity index (χ1n) is 7.16. The van der Waals surface area contributed by atoms with Gasteiger partial charge in [-0.1, -0.05) is 29.8 Å². The maximum absolute atomic E-state index is 12.4. The first kappa shape index (κ1) is 18.9. The fourth-order valence-corrected chi connectivity index (χ4v) is 2.35. The molecule has 0 radical (unpaired) electrons. The molecule has 1 aromatic carbocycles. The van der Waals surface area contributed by atoms with E-state index < -0.39 is 12.3 Å². The largest absolute Gasteiger partial charge is 0.573 e. The third-order valence-electron chi connectivity index (χ3n) is 3.25. The van der Waals surface area contributed by atoms with E-state index in [0.29, 0.717) is 16.4 Å². The first-order valence-corrected chi connectivity index (χ1v) is 7.54. The summed E-state index contributed by atoms with van der Waals surface area (Å²) < 4.78 is 42.5. The van der Waals surface area contributed by atoms with Crippen molar-refractivity contribution in [3.63, 3.8) is 0 Å². The maximum Gasteiger partial charge on any atom is 0.573 e. The Morgan fingerprint density at radius 1 is 1.40 bits per heavy atom. The molecule has 0 aliphatic heterocycles. The number of para-hydroxylation sites is 1. The molecule has 5 nitrogen and oxygen atoms in total. The predicted octanol–water partition coefficient (Wildman–Crippen LogP) is 3.61. The lowest BCUT2D eigenvalue weighted by molar-refractivity contribution is -0.274. The van der Waals surface area contributed by atoms with E-state index in [1.54, 1.807) is 20.0 Å². The van der Waals surface area contributed by atoms with Crippen LogP contribution in [0.3, 0.4) is 0 Å². The number of aromatic nitrogens is 2. The monoisotopic (exact) mass is 373 g/mol. The normalized spacial score (nSPS) is 11.8. The first-order chi connectivity index (χ1) is 11.7. The number of nitrogens with one attached hydrogen (secondary N) is 1. The summed E-state index contributed by atoms with van der Waals surface area (Å²) in [5.41, 5.74) is 1.46. The standard InChI is InChI=1S/C16H15ClF3N3O2/c1-10-12(15(17)23(2)22-10)7-8-14(24)21-9-11-5-3-4-6-13(11)25-16(18,19)20/h3-8H,9H2,1-2H3,(H,21,24)/b8-7+. The number of ether oxygens (including phenoxy) is 1. The maximum atomic E-state index is 12.4. The lowest BCUT2D eigenvalue weighted by atomic mass is 10.2. The Balaban J connectivity index is 2.02. The molecule has 2 aromatic rings. The van der Waals surface area contributed by atoms with E-state index in [1.807, 2.05) is 0 Å². The minimum atomic E-state index is -4.80. The highest BCUT2D eigenvalue weighted by Gasteiger charge is 2.31. The topological polar surface area (TPSA) is 56.2 Å². The van der Waals surface area contributed by atoms with Crippen molar-refractivity contribution in [1.82, 2.24) is 15.1 Å². The molecule has 0 aliphatic carbocycles. The highest BCUT2D eigenvalue weighted by Crippen LogP contribution is 2.26. The highest BCUT2D eigenvalue weighted by molar-refractivity contribution is 6.31. The van der Waals surface area contributed by atoms with E-state index in [1.165, 1.54) is 35.0 Å². The van der Waals surface area contributed by atoms with Crippen LogP contribution in [0.15, 0.2) is 30.3 Å². The summed E-state index contributed by atoms with van der Waals surface area (Å²) in [5.74, 6) is -0.841. The summed E-state index contributed by atoms with van der Waals surface area (Å²) in [5, 5.41) is 6.98. The number of rotatable bonds is 5. The number of benzene rings is 1. The second kappa shape index (κ2) is 7.60. The molecule has 0 atom stereocenters. The zero-order valence-corrected chi connectivity index (χ0v) is 14.1. The second-order valence-corrected chi connectivity index (χ2v) is 5.48. The minimum absolute atomic E-state index is 0.116. The van der Waals surface area contributed by atoms with Crippen LogP contribution in [0.25, 0.3) is 6.08 Å². The number of nitrogens with zero attached hydrogens (tertiary/aromatic N) is 2. The van der Waals surface area contributed by atoms with Crippen LogP contribution in [-0.2, 0) is 18.4 Å². The molecule has 0 spiro atoms. The number of hydrogen-bond donors (Lipinski definition) is 1. The van der Waals surface area contributed by atoms with Crippen molar-refractivity contribution in [3.05, 3.63) is 52.3 Å². The van der Waals surface area contributed by atoms with E-state index in [4.69, 9.17) is 11.6 Å². The Morgan fingerprint density at radius 3 is 2.68 bits per heavy atom. The van der Waals surface area contributed by atoms with Gasteiger partial charge >= 0.3 is 6.36 Å². The van der Waals surface area contributed by atoms with Gasteiger partial charge in [0.15, 0.2) is 0 Å². The lowest BCUT2D eigenvalue weighted by Gasteiger charge is -2.13. The van der Waals surface area contributed by atoms with Crippen LogP contribution >= 0.6 is 11.6 Å². The van der Waals surface area contributed by atoms with Crippen molar-refractivity contribution < 1.29 is 22.7 Å². The van der Waals surface area contributed by atoms with Gasteiger partial charge in [0, 0.05) is 30.8 Å². The van der Waals surface area contributed by atoms with Gasteiger partial charge < -0.3 is 10.1 Å². The molecule has 9 heteroatoms. The van der Waals surface area contributed by atoms with E-state index in [-0.39, 0.29) is 17.9 Å². The fourth-order valence-electron chi connectivity index (χ4n) is 2.11. The van der Waals surface area contributed by atoms with Crippen molar-refractivity contribution in [2.75, 3.05) is 0 Å². The molecular weight excluding hydrogens is 359 g/mol. The summed E-state index contributed by atoms with van der Waals surface area (Å²) in [6.45, 7) is 1.63. The number of carbonyl (C=O) groups is 1. The van der Waals surface area contributed by atoms with Crippen LogP contribution < -0.4 is 10.1 Å². The van der Waals surface area contributed by atoms with Crippen molar-refractivity contribution >= 4 is 23.6 Å². The van der Waals surface area contributed by atoms with Crippen molar-refractivity contribution in [2.45, 2.75) is 19.8 Å². The molecule has 0 saturated carbocycles. The van der Waals surface area contributed by atoms with Gasteiger partial charge in [-0.15, -0.1) is 13.2 Å². The number of aryl methyl sites for hydroxylation is 2. The number of halogens is 4. The average Bonchev–Trinajstić information content (AvgIpc) is 2.76. The third kappa shape index (κ3) is 5.25. The van der Waals surface area contributed by atoms with Crippen molar-refractivity contribution in [1.29, 1.82) is 0 Å². The Bertz CT molecular complexity index is 800. The van der Waals surface area contributed by atoms with Gasteiger partial charge in [-0.2, -0.15) is 5.10 Å². The summed E-state index contributed by atoms with van der Waals surface area (Å²) in [7, 11) is 1.67. The average molecular weight is 374 g/mol. The fraction of sp³-hybridized carbons (Fsp3) is 0.250. The highest BCUT2D eigenvalue weighted by atomic mass is 35.5. The number of amides is 1. The molecule has 1 N–H and O–H groups in total. The van der Waals surface area contributed by atoms with Crippen molar-refractivity contribution in [3.8, 4) is 5.75 Å². The van der Waals surface area contributed by atoms with Gasteiger partial charge in [-0.3, -0.25) is 9.48 Å². The Labute approximate surface area is 147 Å². The molecule has 0 fully saturated rings. The second-order valence-electron chi connectivity index (χ2n) is 5.12. The van der Waals surface area contributed by atoms with Crippen LogP contribution in [-0.4, -0.2) is 22.1 Å². The number of carbonyl (C=O) groups excluding carboxylic acids is 1. The van der Waals surface area contributed by atoms with Crippen LogP contribution in [0.2, 0.25) is 5.15 Å². The molecule has 134 valence electrons. The SMILES string of the molecule is Cc1nn(C)c(Cl)c1/C=C/C(=O)NCc1ccccc1OC(F)(F)F. The summed E-state index contributed by atoms with van der Waals surface area (Å²) in [6, 6.07) is 5.59.